The van der Waals surface area contributed by atoms with E-state index in [4.69, 9.17) is 4.74 Å². The summed E-state index contributed by atoms with van der Waals surface area (Å²) in [5.41, 5.74) is 0. The maximum atomic E-state index is 5.67. The highest BCUT2D eigenvalue weighted by Gasteiger charge is 2.29. The van der Waals surface area contributed by atoms with Crippen LogP contribution < -0.4 is 5.32 Å². The molecule has 19 heavy (non-hydrogen) atoms. The van der Waals surface area contributed by atoms with Crippen LogP contribution in [-0.2, 0) is 4.74 Å². The summed E-state index contributed by atoms with van der Waals surface area (Å²) >= 11 is 0. The van der Waals surface area contributed by atoms with E-state index in [0.29, 0.717) is 12.0 Å². The summed E-state index contributed by atoms with van der Waals surface area (Å²) in [7, 11) is 4.41. The van der Waals surface area contributed by atoms with Crippen molar-refractivity contribution in [3.05, 3.63) is 0 Å². The van der Waals surface area contributed by atoms with Crippen LogP contribution in [0, 0.1) is 11.8 Å². The van der Waals surface area contributed by atoms with Crippen molar-refractivity contribution >= 4 is 0 Å². The molecular weight excluding hydrogens is 236 g/mol. The highest BCUT2D eigenvalue weighted by atomic mass is 16.5. The number of nitrogens with one attached hydrogen (secondary N) is 1. The summed E-state index contributed by atoms with van der Waals surface area (Å²) < 4.78 is 5.67. The van der Waals surface area contributed by atoms with Gasteiger partial charge in [0.05, 0.1) is 6.61 Å². The maximum Gasteiger partial charge on any atom is 0.0521 e. The second kappa shape index (κ2) is 7.61. The molecule has 0 amide bonds. The van der Waals surface area contributed by atoms with Crippen molar-refractivity contribution in [3.8, 4) is 0 Å². The van der Waals surface area contributed by atoms with E-state index in [9.17, 15) is 0 Å². The lowest BCUT2D eigenvalue weighted by atomic mass is 9.83. The molecule has 0 aromatic rings. The van der Waals surface area contributed by atoms with Gasteiger partial charge in [-0.1, -0.05) is 13.3 Å². The molecule has 1 aliphatic carbocycles. The van der Waals surface area contributed by atoms with Gasteiger partial charge in [-0.25, -0.2) is 0 Å². The fourth-order valence-electron chi connectivity index (χ4n) is 3.87. The Bertz CT molecular complexity index is 251. The molecular formula is C16H32N2O. The van der Waals surface area contributed by atoms with Crippen LogP contribution in [-0.4, -0.2) is 50.8 Å². The van der Waals surface area contributed by atoms with Crippen molar-refractivity contribution < 1.29 is 4.74 Å². The van der Waals surface area contributed by atoms with E-state index in [0.717, 1.165) is 31.6 Å². The average Bonchev–Trinajstić information content (AvgIpc) is 2.48. The van der Waals surface area contributed by atoms with Gasteiger partial charge in [0.25, 0.3) is 0 Å². The van der Waals surface area contributed by atoms with Gasteiger partial charge in [-0.05, 0) is 52.1 Å². The third kappa shape index (κ3) is 4.17. The molecule has 2 rings (SSSR count). The summed E-state index contributed by atoms with van der Waals surface area (Å²) in [6.07, 6.45) is 8.19. The van der Waals surface area contributed by atoms with E-state index in [-0.39, 0.29) is 0 Å². The van der Waals surface area contributed by atoms with Gasteiger partial charge in [0.15, 0.2) is 0 Å². The molecule has 1 aliphatic heterocycles. The molecule has 2 unspecified atom stereocenters. The second-order valence-corrected chi connectivity index (χ2v) is 6.54. The number of rotatable bonds is 5. The van der Waals surface area contributed by atoms with Crippen molar-refractivity contribution in [2.75, 3.05) is 33.9 Å². The molecule has 2 aliphatic rings. The molecule has 0 aromatic heterocycles. The predicted molar refractivity (Wildman–Crippen MR) is 80.4 cm³/mol. The Morgan fingerprint density at radius 3 is 2.53 bits per heavy atom. The van der Waals surface area contributed by atoms with Crippen molar-refractivity contribution in [1.29, 1.82) is 0 Å². The van der Waals surface area contributed by atoms with Crippen LogP contribution in [0.2, 0.25) is 0 Å². The Balaban J connectivity index is 1.78. The highest BCUT2D eigenvalue weighted by Crippen LogP contribution is 2.29. The first kappa shape index (κ1) is 15.3. The van der Waals surface area contributed by atoms with Gasteiger partial charge in [-0.2, -0.15) is 0 Å². The molecule has 0 radical (unpaired) electrons. The third-order valence-electron chi connectivity index (χ3n) is 5.38. The fourth-order valence-corrected chi connectivity index (χ4v) is 3.87. The van der Waals surface area contributed by atoms with E-state index in [1.54, 1.807) is 0 Å². The monoisotopic (exact) mass is 268 g/mol. The highest BCUT2D eigenvalue weighted by molar-refractivity contribution is 4.84. The Labute approximate surface area is 119 Å². The smallest absolute Gasteiger partial charge is 0.0521 e. The molecule has 2 atom stereocenters. The topological polar surface area (TPSA) is 24.5 Å². The fraction of sp³-hybridized carbons (Fsp3) is 1.00. The number of hydrogen-bond donors (Lipinski definition) is 1. The van der Waals surface area contributed by atoms with Crippen LogP contribution in [0.5, 0.6) is 0 Å². The lowest BCUT2D eigenvalue weighted by molar-refractivity contribution is 0.0126. The minimum atomic E-state index is 0.642. The predicted octanol–water partition coefficient (Wildman–Crippen LogP) is 2.51. The van der Waals surface area contributed by atoms with E-state index in [2.05, 4.69) is 31.2 Å². The summed E-state index contributed by atoms with van der Waals surface area (Å²) in [6.45, 7) is 5.38. The number of ether oxygens (including phenoxy) is 1. The first-order chi connectivity index (χ1) is 9.24. The largest absolute Gasteiger partial charge is 0.381 e. The van der Waals surface area contributed by atoms with Crippen molar-refractivity contribution in [3.63, 3.8) is 0 Å². The molecule has 1 saturated carbocycles. The molecule has 1 saturated heterocycles. The van der Waals surface area contributed by atoms with Gasteiger partial charge in [0.2, 0.25) is 0 Å². The molecule has 2 fully saturated rings. The van der Waals surface area contributed by atoms with Crippen LogP contribution in [0.1, 0.15) is 45.4 Å². The zero-order chi connectivity index (χ0) is 13.7. The van der Waals surface area contributed by atoms with Crippen molar-refractivity contribution in [1.82, 2.24) is 10.2 Å². The van der Waals surface area contributed by atoms with Crippen molar-refractivity contribution in [2.45, 2.75) is 57.5 Å². The summed E-state index contributed by atoms with van der Waals surface area (Å²) in [5.74, 6) is 1.65. The quantitative estimate of drug-likeness (QED) is 0.829. The number of nitrogens with zero attached hydrogens (tertiary/aromatic N) is 1. The molecule has 0 spiro atoms. The summed E-state index contributed by atoms with van der Waals surface area (Å²) in [4.78, 5) is 2.61. The average molecular weight is 268 g/mol. The Hall–Kier alpha value is -0.120. The molecule has 0 bridgehead atoms. The molecule has 3 heteroatoms. The minimum absolute atomic E-state index is 0.642. The van der Waals surface area contributed by atoms with E-state index < -0.39 is 0 Å². The summed E-state index contributed by atoms with van der Waals surface area (Å²) in [5, 5.41) is 3.47. The summed E-state index contributed by atoms with van der Waals surface area (Å²) in [6, 6.07) is 1.45. The van der Waals surface area contributed by atoms with Crippen LogP contribution >= 0.6 is 0 Å². The zero-order valence-electron chi connectivity index (χ0n) is 13.0. The van der Waals surface area contributed by atoms with Gasteiger partial charge >= 0.3 is 0 Å². The van der Waals surface area contributed by atoms with Crippen LogP contribution in [0.25, 0.3) is 0 Å². The van der Waals surface area contributed by atoms with Crippen molar-refractivity contribution in [2.24, 2.45) is 11.8 Å². The Morgan fingerprint density at radius 2 is 1.89 bits per heavy atom. The first-order valence-electron chi connectivity index (χ1n) is 8.19. The maximum absolute atomic E-state index is 5.67. The Morgan fingerprint density at radius 1 is 1.16 bits per heavy atom. The van der Waals surface area contributed by atoms with E-state index in [1.165, 1.54) is 38.6 Å². The second-order valence-electron chi connectivity index (χ2n) is 6.54. The normalized spacial score (nSPS) is 36.6. The lowest BCUT2D eigenvalue weighted by Gasteiger charge is -2.39. The molecule has 1 N–H and O–H groups in total. The third-order valence-corrected chi connectivity index (χ3v) is 5.38. The number of hydrogen-bond acceptors (Lipinski definition) is 3. The van der Waals surface area contributed by atoms with Gasteiger partial charge < -0.3 is 15.0 Å². The Kier molecular flexibility index (Phi) is 6.11. The van der Waals surface area contributed by atoms with Crippen LogP contribution in [0.4, 0.5) is 0 Å². The molecule has 0 aromatic carbocycles. The van der Waals surface area contributed by atoms with Gasteiger partial charge in [0, 0.05) is 31.2 Å². The van der Waals surface area contributed by atoms with Gasteiger partial charge in [-0.15, -0.1) is 0 Å². The molecule has 112 valence electrons. The lowest BCUT2D eigenvalue weighted by Crippen LogP contribution is -2.48. The van der Waals surface area contributed by atoms with E-state index >= 15 is 0 Å². The first-order valence-corrected chi connectivity index (χ1v) is 8.19. The zero-order valence-corrected chi connectivity index (χ0v) is 13.0. The van der Waals surface area contributed by atoms with Crippen LogP contribution in [0.15, 0.2) is 0 Å². The molecule has 1 heterocycles. The van der Waals surface area contributed by atoms with Crippen LogP contribution in [0.3, 0.4) is 0 Å². The standard InChI is InChI=1S/C16H32N2O/c1-4-13-5-7-15(8-6-13)18(3)11-14-12-19-10-9-16(14)17-2/h13-17H,4-12H2,1-3H3. The van der Waals surface area contributed by atoms with Gasteiger partial charge in [-0.3, -0.25) is 0 Å². The molecule has 3 nitrogen and oxygen atoms in total. The SMILES string of the molecule is CCC1CCC(N(C)CC2COCCC2NC)CC1. The van der Waals surface area contributed by atoms with Gasteiger partial charge in [0.1, 0.15) is 0 Å². The van der Waals surface area contributed by atoms with E-state index in [1.807, 2.05) is 0 Å². The minimum Gasteiger partial charge on any atom is -0.381 e.